The second-order valence-electron chi connectivity index (χ2n) is 3.83. The van der Waals surface area contributed by atoms with Crippen LogP contribution in [0.15, 0.2) is 0 Å². The SMILES string of the molecule is N#C[C@@H]1CC[C@@H](NOS(=O)(=O)O)CN1CCN. The number of nitrogens with one attached hydrogen (secondary N) is 1. The van der Waals surface area contributed by atoms with Gasteiger partial charge in [0, 0.05) is 25.7 Å². The zero-order valence-electron chi connectivity index (χ0n) is 9.24. The number of nitriles is 1. The molecule has 0 aromatic rings. The van der Waals surface area contributed by atoms with Crippen molar-refractivity contribution in [2.75, 3.05) is 19.6 Å². The van der Waals surface area contributed by atoms with Crippen LogP contribution in [0.1, 0.15) is 12.8 Å². The average Bonchev–Trinajstić information content (AvgIpc) is 2.26. The van der Waals surface area contributed by atoms with Crippen LogP contribution in [0.3, 0.4) is 0 Å². The van der Waals surface area contributed by atoms with Gasteiger partial charge in [0.05, 0.1) is 12.1 Å². The van der Waals surface area contributed by atoms with Gasteiger partial charge < -0.3 is 5.73 Å². The topological polar surface area (TPSA) is 129 Å². The molecule has 1 fully saturated rings. The summed E-state index contributed by atoms with van der Waals surface area (Å²) in [7, 11) is -4.49. The second kappa shape index (κ2) is 6.25. The monoisotopic (exact) mass is 264 g/mol. The molecule has 98 valence electrons. The minimum Gasteiger partial charge on any atom is -0.329 e. The first-order valence-electron chi connectivity index (χ1n) is 5.21. The Hall–Kier alpha value is -0.760. The van der Waals surface area contributed by atoms with Crippen LogP contribution in [0.5, 0.6) is 0 Å². The minimum absolute atomic E-state index is 0.206. The number of hydrogen-bond donors (Lipinski definition) is 3. The second-order valence-corrected chi connectivity index (χ2v) is 4.85. The smallest absolute Gasteiger partial charge is 0.329 e. The highest BCUT2D eigenvalue weighted by Crippen LogP contribution is 2.16. The standard InChI is InChI=1S/C8H16N4O4S/c9-3-4-12-6-7(1-2-8(12)5-10)11-16-17(13,14)15/h7-8,11H,1-4,6,9H2,(H,13,14,15)/t7-,8+/m1/s1. The number of likely N-dealkylation sites (tertiary alicyclic amines) is 1. The van der Waals surface area contributed by atoms with Crippen LogP contribution in [-0.4, -0.2) is 49.6 Å². The van der Waals surface area contributed by atoms with Crippen LogP contribution in [-0.2, 0) is 14.7 Å². The van der Waals surface area contributed by atoms with Crippen molar-refractivity contribution >= 4 is 10.4 Å². The summed E-state index contributed by atoms with van der Waals surface area (Å²) in [4.78, 5) is 1.86. The van der Waals surface area contributed by atoms with E-state index >= 15 is 0 Å². The third-order valence-corrected chi connectivity index (χ3v) is 2.88. The summed E-state index contributed by atoms with van der Waals surface area (Å²) in [5.74, 6) is 0. The quantitative estimate of drug-likeness (QED) is 0.409. The molecule has 0 aromatic carbocycles. The van der Waals surface area contributed by atoms with Crippen molar-refractivity contribution in [2.24, 2.45) is 5.73 Å². The molecule has 1 heterocycles. The highest BCUT2D eigenvalue weighted by atomic mass is 32.3. The van der Waals surface area contributed by atoms with Crippen molar-refractivity contribution in [1.29, 1.82) is 5.26 Å². The molecule has 1 rings (SSSR count). The molecular weight excluding hydrogens is 248 g/mol. The third kappa shape index (κ3) is 4.95. The maximum Gasteiger partial charge on any atom is 0.413 e. The van der Waals surface area contributed by atoms with Crippen molar-refractivity contribution in [3.63, 3.8) is 0 Å². The van der Waals surface area contributed by atoms with Gasteiger partial charge in [0.2, 0.25) is 0 Å². The lowest BCUT2D eigenvalue weighted by Crippen LogP contribution is -2.51. The van der Waals surface area contributed by atoms with Crippen molar-refractivity contribution < 1.29 is 17.3 Å². The zero-order chi connectivity index (χ0) is 12.9. The minimum atomic E-state index is -4.49. The van der Waals surface area contributed by atoms with E-state index < -0.39 is 10.4 Å². The number of hydrogen-bond acceptors (Lipinski definition) is 7. The fourth-order valence-electron chi connectivity index (χ4n) is 1.83. The van der Waals surface area contributed by atoms with Crippen molar-refractivity contribution in [3.8, 4) is 6.07 Å². The van der Waals surface area contributed by atoms with E-state index in [4.69, 9.17) is 15.5 Å². The molecule has 0 unspecified atom stereocenters. The van der Waals surface area contributed by atoms with Gasteiger partial charge in [-0.3, -0.25) is 9.45 Å². The summed E-state index contributed by atoms with van der Waals surface area (Å²) < 4.78 is 33.3. The summed E-state index contributed by atoms with van der Waals surface area (Å²) in [6.07, 6.45) is 1.19. The predicted molar refractivity (Wildman–Crippen MR) is 58.8 cm³/mol. The summed E-state index contributed by atoms with van der Waals surface area (Å²) in [6, 6.07) is 1.70. The van der Waals surface area contributed by atoms with Crippen molar-refractivity contribution in [1.82, 2.24) is 10.4 Å². The van der Waals surface area contributed by atoms with Crippen LogP contribution >= 0.6 is 0 Å². The number of rotatable bonds is 5. The lowest BCUT2D eigenvalue weighted by Gasteiger charge is -2.35. The number of nitrogens with two attached hydrogens (primary N) is 1. The van der Waals surface area contributed by atoms with Gasteiger partial charge in [-0.05, 0) is 12.8 Å². The van der Waals surface area contributed by atoms with Crippen molar-refractivity contribution in [3.05, 3.63) is 0 Å². The molecule has 1 saturated heterocycles. The third-order valence-electron chi connectivity index (χ3n) is 2.57. The van der Waals surface area contributed by atoms with Gasteiger partial charge in [0.1, 0.15) is 0 Å². The fraction of sp³-hybridized carbons (Fsp3) is 0.875. The lowest BCUT2D eigenvalue weighted by molar-refractivity contribution is 0.0757. The Balaban J connectivity index is 2.48. The largest absolute Gasteiger partial charge is 0.413 e. The number of piperidine rings is 1. The maximum atomic E-state index is 10.4. The molecular formula is C8H16N4O4S. The number of nitrogens with zero attached hydrogens (tertiary/aromatic N) is 2. The molecule has 0 amide bonds. The molecule has 0 saturated carbocycles. The Morgan fingerprint density at radius 1 is 1.59 bits per heavy atom. The molecule has 9 heteroatoms. The molecule has 8 nitrogen and oxygen atoms in total. The normalized spacial score (nSPS) is 26.6. The molecule has 0 aromatic heterocycles. The Morgan fingerprint density at radius 3 is 2.82 bits per heavy atom. The van der Waals surface area contributed by atoms with Gasteiger partial charge in [0.25, 0.3) is 0 Å². The molecule has 1 aliphatic heterocycles. The van der Waals surface area contributed by atoms with E-state index in [0.717, 1.165) is 0 Å². The summed E-state index contributed by atoms with van der Waals surface area (Å²) >= 11 is 0. The molecule has 0 radical (unpaired) electrons. The average molecular weight is 264 g/mol. The lowest BCUT2D eigenvalue weighted by atomic mass is 10.00. The molecule has 4 N–H and O–H groups in total. The van der Waals surface area contributed by atoms with Crippen LogP contribution < -0.4 is 11.2 Å². The molecule has 0 bridgehead atoms. The predicted octanol–water partition coefficient (Wildman–Crippen LogP) is -1.37. The van der Waals surface area contributed by atoms with Gasteiger partial charge in [0.15, 0.2) is 0 Å². The molecule has 0 spiro atoms. The van der Waals surface area contributed by atoms with Crippen LogP contribution in [0.4, 0.5) is 0 Å². The van der Waals surface area contributed by atoms with E-state index in [0.29, 0.717) is 32.5 Å². The Morgan fingerprint density at radius 2 is 2.29 bits per heavy atom. The van der Waals surface area contributed by atoms with E-state index in [2.05, 4.69) is 15.8 Å². The first-order valence-corrected chi connectivity index (χ1v) is 6.58. The Labute approximate surface area is 100 Å². The Kier molecular flexibility index (Phi) is 5.26. The van der Waals surface area contributed by atoms with Gasteiger partial charge in [-0.15, -0.1) is 0 Å². The van der Waals surface area contributed by atoms with Gasteiger partial charge in [-0.2, -0.15) is 23.4 Å². The molecule has 0 aliphatic carbocycles. The Bertz CT molecular complexity index is 379. The van der Waals surface area contributed by atoms with Gasteiger partial charge >= 0.3 is 10.4 Å². The van der Waals surface area contributed by atoms with Crippen LogP contribution in [0.25, 0.3) is 0 Å². The number of hydroxylamine groups is 1. The van der Waals surface area contributed by atoms with Crippen LogP contribution in [0.2, 0.25) is 0 Å². The molecule has 1 aliphatic rings. The maximum absolute atomic E-state index is 10.4. The van der Waals surface area contributed by atoms with E-state index in [1.807, 2.05) is 4.90 Å². The zero-order valence-corrected chi connectivity index (χ0v) is 10.1. The highest BCUT2D eigenvalue weighted by Gasteiger charge is 2.28. The fourth-order valence-corrected chi connectivity index (χ4v) is 2.09. The molecule has 17 heavy (non-hydrogen) atoms. The van der Waals surface area contributed by atoms with Gasteiger partial charge in [-0.1, -0.05) is 0 Å². The van der Waals surface area contributed by atoms with Crippen LogP contribution in [0, 0.1) is 11.3 Å². The summed E-state index contributed by atoms with van der Waals surface area (Å²) in [6.45, 7) is 1.43. The summed E-state index contributed by atoms with van der Waals surface area (Å²) in [5, 5.41) is 8.91. The first kappa shape index (κ1) is 14.3. The first-order chi connectivity index (χ1) is 7.96. The summed E-state index contributed by atoms with van der Waals surface area (Å²) in [5.41, 5.74) is 7.69. The van der Waals surface area contributed by atoms with Crippen molar-refractivity contribution in [2.45, 2.75) is 24.9 Å². The van der Waals surface area contributed by atoms with E-state index in [-0.39, 0.29) is 12.1 Å². The van der Waals surface area contributed by atoms with E-state index in [9.17, 15) is 8.42 Å². The molecule has 2 atom stereocenters. The van der Waals surface area contributed by atoms with Gasteiger partial charge in [-0.25, -0.2) is 0 Å². The van der Waals surface area contributed by atoms with E-state index in [1.165, 1.54) is 0 Å². The van der Waals surface area contributed by atoms with E-state index in [1.54, 1.807) is 0 Å². The highest BCUT2D eigenvalue weighted by molar-refractivity contribution is 7.80.